The topological polar surface area (TPSA) is 92.5 Å². The number of carbonyl (C=O) groups is 1. The Morgan fingerprint density at radius 1 is 1.42 bits per heavy atom. The van der Waals surface area contributed by atoms with Gasteiger partial charge >= 0.3 is 0 Å². The van der Waals surface area contributed by atoms with Crippen molar-refractivity contribution in [2.24, 2.45) is 0 Å². The molecule has 0 saturated heterocycles. The number of carbonyl (C=O) groups excluding carboxylic acids is 1. The molecule has 0 fully saturated rings. The van der Waals surface area contributed by atoms with Gasteiger partial charge in [-0.25, -0.2) is 17.1 Å². The highest BCUT2D eigenvalue weighted by molar-refractivity contribution is 7.89. The van der Waals surface area contributed by atoms with Gasteiger partial charge in [0.05, 0.1) is 17.0 Å². The van der Waals surface area contributed by atoms with Crippen molar-refractivity contribution >= 4 is 21.6 Å². The van der Waals surface area contributed by atoms with E-state index in [2.05, 4.69) is 5.32 Å². The molecule has 0 aliphatic rings. The standard InChI is InChI=1S/C11H16FN3O3S/c1-15(2)19(17,18)7-6-14-11(16)8-4-3-5-9(12)10(8)13/h3-5H,6-7,13H2,1-2H3,(H,14,16). The Morgan fingerprint density at radius 3 is 2.63 bits per heavy atom. The molecule has 1 aromatic carbocycles. The highest BCUT2D eigenvalue weighted by atomic mass is 32.2. The Labute approximate surface area is 111 Å². The zero-order chi connectivity index (χ0) is 14.6. The molecule has 0 aliphatic heterocycles. The summed E-state index contributed by atoms with van der Waals surface area (Å²) in [4.78, 5) is 11.7. The first-order valence-electron chi connectivity index (χ1n) is 5.48. The van der Waals surface area contributed by atoms with Gasteiger partial charge in [-0.3, -0.25) is 4.79 Å². The van der Waals surface area contributed by atoms with Crippen molar-refractivity contribution in [3.63, 3.8) is 0 Å². The van der Waals surface area contributed by atoms with Crippen LogP contribution >= 0.6 is 0 Å². The van der Waals surface area contributed by atoms with Crippen LogP contribution in [0.4, 0.5) is 10.1 Å². The van der Waals surface area contributed by atoms with Crippen LogP contribution in [0.1, 0.15) is 10.4 Å². The molecule has 3 N–H and O–H groups in total. The number of hydrogen-bond donors (Lipinski definition) is 2. The lowest BCUT2D eigenvalue weighted by Crippen LogP contribution is -2.34. The summed E-state index contributed by atoms with van der Waals surface area (Å²) in [5.41, 5.74) is 5.16. The van der Waals surface area contributed by atoms with E-state index in [0.717, 1.165) is 10.4 Å². The fraction of sp³-hybridized carbons (Fsp3) is 0.364. The highest BCUT2D eigenvalue weighted by Gasteiger charge is 2.16. The predicted octanol–water partition coefficient (Wildman–Crippen LogP) is 0.0291. The summed E-state index contributed by atoms with van der Waals surface area (Å²) in [5.74, 6) is -1.53. The molecular weight excluding hydrogens is 273 g/mol. The smallest absolute Gasteiger partial charge is 0.253 e. The molecule has 0 radical (unpaired) electrons. The summed E-state index contributed by atoms with van der Waals surface area (Å²) < 4.78 is 37.1. The maximum Gasteiger partial charge on any atom is 0.253 e. The predicted molar refractivity (Wildman–Crippen MR) is 70.6 cm³/mol. The second kappa shape index (κ2) is 5.98. The minimum absolute atomic E-state index is 0.0118. The van der Waals surface area contributed by atoms with Crippen molar-refractivity contribution in [1.82, 2.24) is 9.62 Å². The molecule has 1 amide bonds. The Kier molecular flexibility index (Phi) is 4.84. The van der Waals surface area contributed by atoms with Gasteiger partial charge in [0.2, 0.25) is 10.0 Å². The van der Waals surface area contributed by atoms with Crippen LogP contribution in [-0.2, 0) is 10.0 Å². The molecule has 0 aromatic heterocycles. The minimum atomic E-state index is -3.38. The van der Waals surface area contributed by atoms with Crippen LogP contribution in [0.3, 0.4) is 0 Å². The fourth-order valence-corrected chi connectivity index (χ4v) is 2.03. The van der Waals surface area contributed by atoms with E-state index < -0.39 is 21.7 Å². The van der Waals surface area contributed by atoms with E-state index in [4.69, 9.17) is 5.73 Å². The molecule has 6 nitrogen and oxygen atoms in total. The van der Waals surface area contributed by atoms with Crippen molar-refractivity contribution < 1.29 is 17.6 Å². The first-order valence-corrected chi connectivity index (χ1v) is 7.09. The van der Waals surface area contributed by atoms with Crippen LogP contribution in [0.2, 0.25) is 0 Å². The van der Waals surface area contributed by atoms with Gasteiger partial charge in [-0.05, 0) is 12.1 Å². The lowest BCUT2D eigenvalue weighted by Gasteiger charge is -2.12. The van der Waals surface area contributed by atoms with E-state index in [1.165, 1.54) is 26.2 Å². The number of halogens is 1. The first-order chi connectivity index (χ1) is 8.75. The third-order valence-corrected chi connectivity index (χ3v) is 4.33. The molecule has 1 aromatic rings. The number of hydrogen-bond acceptors (Lipinski definition) is 4. The lowest BCUT2D eigenvalue weighted by molar-refractivity contribution is 0.0956. The molecule has 0 unspecified atom stereocenters. The number of sulfonamides is 1. The number of nitrogens with two attached hydrogens (primary N) is 1. The van der Waals surface area contributed by atoms with Gasteiger partial charge < -0.3 is 11.1 Å². The second-order valence-electron chi connectivity index (χ2n) is 4.06. The quantitative estimate of drug-likeness (QED) is 0.748. The maximum absolute atomic E-state index is 13.1. The Balaban J connectivity index is 2.65. The van der Waals surface area contributed by atoms with Crippen LogP contribution in [0.5, 0.6) is 0 Å². The van der Waals surface area contributed by atoms with Crippen molar-refractivity contribution in [1.29, 1.82) is 0 Å². The van der Waals surface area contributed by atoms with Gasteiger partial charge in [-0.15, -0.1) is 0 Å². The number of para-hydroxylation sites is 1. The van der Waals surface area contributed by atoms with Crippen molar-refractivity contribution in [3.05, 3.63) is 29.6 Å². The normalized spacial score (nSPS) is 11.6. The molecule has 0 spiro atoms. The third-order valence-electron chi connectivity index (χ3n) is 2.50. The Bertz CT molecular complexity index is 573. The van der Waals surface area contributed by atoms with E-state index in [-0.39, 0.29) is 23.5 Å². The molecule has 1 rings (SSSR count). The average molecular weight is 289 g/mol. The van der Waals surface area contributed by atoms with E-state index in [0.29, 0.717) is 0 Å². The summed E-state index contributed by atoms with van der Waals surface area (Å²) in [5, 5.41) is 2.39. The highest BCUT2D eigenvalue weighted by Crippen LogP contribution is 2.15. The van der Waals surface area contributed by atoms with Gasteiger partial charge in [0, 0.05) is 20.6 Å². The van der Waals surface area contributed by atoms with Crippen LogP contribution in [0, 0.1) is 5.82 Å². The molecule has 19 heavy (non-hydrogen) atoms. The van der Waals surface area contributed by atoms with Gasteiger partial charge in [-0.1, -0.05) is 6.07 Å². The maximum atomic E-state index is 13.1. The number of benzene rings is 1. The zero-order valence-corrected chi connectivity index (χ0v) is 11.5. The number of rotatable bonds is 5. The summed E-state index contributed by atoms with van der Waals surface area (Å²) in [7, 11) is -0.572. The van der Waals surface area contributed by atoms with Crippen molar-refractivity contribution in [3.8, 4) is 0 Å². The van der Waals surface area contributed by atoms with Crippen LogP contribution in [0.15, 0.2) is 18.2 Å². The summed E-state index contributed by atoms with van der Waals surface area (Å²) >= 11 is 0. The first kappa shape index (κ1) is 15.4. The van der Waals surface area contributed by atoms with Crippen LogP contribution < -0.4 is 11.1 Å². The summed E-state index contributed by atoms with van der Waals surface area (Å²) in [6.07, 6.45) is 0. The number of nitrogens with one attached hydrogen (secondary N) is 1. The average Bonchev–Trinajstić information content (AvgIpc) is 2.32. The molecular formula is C11H16FN3O3S. The molecule has 8 heteroatoms. The van der Waals surface area contributed by atoms with Gasteiger partial charge in [0.15, 0.2) is 0 Å². The third kappa shape index (κ3) is 3.90. The molecule has 0 bridgehead atoms. The molecule has 0 aliphatic carbocycles. The van der Waals surface area contributed by atoms with E-state index >= 15 is 0 Å². The SMILES string of the molecule is CN(C)S(=O)(=O)CCNC(=O)c1cccc(F)c1N. The molecule has 0 atom stereocenters. The number of nitrogen functional groups attached to an aromatic ring is 1. The second-order valence-corrected chi connectivity index (χ2v) is 6.36. The summed E-state index contributed by atoms with van der Waals surface area (Å²) in [6.45, 7) is -0.0741. The van der Waals surface area contributed by atoms with Crippen LogP contribution in [-0.4, -0.2) is 45.0 Å². The van der Waals surface area contributed by atoms with Gasteiger partial charge in [0.1, 0.15) is 5.82 Å². The summed E-state index contributed by atoms with van der Waals surface area (Å²) in [6, 6.07) is 3.87. The van der Waals surface area contributed by atoms with Gasteiger partial charge in [0.25, 0.3) is 5.91 Å². The fourth-order valence-electron chi connectivity index (χ4n) is 1.31. The van der Waals surface area contributed by atoms with Gasteiger partial charge in [-0.2, -0.15) is 0 Å². The Hall–Kier alpha value is -1.67. The van der Waals surface area contributed by atoms with Crippen molar-refractivity contribution in [2.75, 3.05) is 32.1 Å². The van der Waals surface area contributed by atoms with E-state index in [1.54, 1.807) is 0 Å². The van der Waals surface area contributed by atoms with Crippen molar-refractivity contribution in [2.45, 2.75) is 0 Å². The van der Waals surface area contributed by atoms with Crippen LogP contribution in [0.25, 0.3) is 0 Å². The lowest BCUT2D eigenvalue weighted by atomic mass is 10.1. The number of anilines is 1. The molecule has 106 valence electrons. The minimum Gasteiger partial charge on any atom is -0.396 e. The number of amides is 1. The molecule has 0 heterocycles. The number of nitrogens with zero attached hydrogens (tertiary/aromatic N) is 1. The monoisotopic (exact) mass is 289 g/mol. The largest absolute Gasteiger partial charge is 0.396 e. The zero-order valence-electron chi connectivity index (χ0n) is 10.7. The van der Waals surface area contributed by atoms with E-state index in [9.17, 15) is 17.6 Å². The Morgan fingerprint density at radius 2 is 2.05 bits per heavy atom. The van der Waals surface area contributed by atoms with E-state index in [1.807, 2.05) is 0 Å². The molecule has 0 saturated carbocycles.